The summed E-state index contributed by atoms with van der Waals surface area (Å²) in [6, 6.07) is 7.21. The van der Waals surface area contributed by atoms with Gasteiger partial charge in [-0.05, 0) is 68.9 Å². The van der Waals surface area contributed by atoms with Crippen molar-refractivity contribution >= 4 is 40.8 Å². The summed E-state index contributed by atoms with van der Waals surface area (Å²) in [6.07, 6.45) is 1.53. The van der Waals surface area contributed by atoms with Crippen molar-refractivity contribution in [1.29, 1.82) is 0 Å². The average Bonchev–Trinajstić information content (AvgIpc) is 3.72. The van der Waals surface area contributed by atoms with Crippen LogP contribution in [0, 0.1) is 0 Å². The molecule has 214 valence electrons. The number of thiophene rings is 2. The zero-order valence-corrected chi connectivity index (χ0v) is 23.8. The normalized spacial score (nSPS) is 13.3. The number of urea groups is 1. The lowest BCUT2D eigenvalue weighted by Gasteiger charge is -2.25. The maximum atomic E-state index is 13.1. The standard InChI is InChI=1S/C28H33N3O7S2/c1-2-3-4-22(15-36-28(35)31(13-19-7-9-39-16-19)14-20-8-10-40-17-20)29-27(34)30-23(12-26(32)33)21-5-6-24-25(11-21)38-18-37-24/h5-11,16-17,22-23H,2-4,12-15,18H2,1H3,(H,32,33)(H2,29,30,34)/t22-,23-/m0/s1. The molecule has 1 aliphatic rings. The molecular formula is C28H33N3O7S2. The first-order chi connectivity index (χ1) is 19.4. The lowest BCUT2D eigenvalue weighted by molar-refractivity contribution is -0.137. The predicted molar refractivity (Wildman–Crippen MR) is 152 cm³/mol. The maximum absolute atomic E-state index is 13.1. The summed E-state index contributed by atoms with van der Waals surface area (Å²) in [6.45, 7) is 2.95. The van der Waals surface area contributed by atoms with Crippen molar-refractivity contribution in [3.8, 4) is 11.5 Å². The van der Waals surface area contributed by atoms with E-state index in [0.717, 1.165) is 24.0 Å². The number of nitrogens with one attached hydrogen (secondary N) is 2. The van der Waals surface area contributed by atoms with Crippen LogP contribution in [0.25, 0.3) is 0 Å². The average molecular weight is 588 g/mol. The van der Waals surface area contributed by atoms with Crippen LogP contribution in [-0.2, 0) is 22.6 Å². The number of benzene rings is 1. The number of aliphatic carboxylic acids is 1. The minimum absolute atomic E-state index is 0.0103. The third-order valence-electron chi connectivity index (χ3n) is 6.30. The van der Waals surface area contributed by atoms with E-state index in [4.69, 9.17) is 14.2 Å². The summed E-state index contributed by atoms with van der Waals surface area (Å²) in [5.74, 6) is 0.00353. The highest BCUT2D eigenvalue weighted by atomic mass is 32.1. The third kappa shape index (κ3) is 8.62. The van der Waals surface area contributed by atoms with Crippen molar-refractivity contribution in [1.82, 2.24) is 15.5 Å². The van der Waals surface area contributed by atoms with E-state index in [1.165, 1.54) is 0 Å². The van der Waals surface area contributed by atoms with Gasteiger partial charge in [-0.15, -0.1) is 0 Å². The molecule has 3 heterocycles. The molecule has 2 aromatic heterocycles. The van der Waals surface area contributed by atoms with Crippen molar-refractivity contribution in [2.24, 2.45) is 0 Å². The topological polar surface area (TPSA) is 126 Å². The van der Waals surface area contributed by atoms with E-state index in [2.05, 4.69) is 10.6 Å². The Morgan fingerprint density at radius 2 is 1.73 bits per heavy atom. The number of carboxylic acid groups (broad SMARTS) is 1. The molecule has 0 bridgehead atoms. The molecular weight excluding hydrogens is 554 g/mol. The van der Waals surface area contributed by atoms with Gasteiger partial charge in [0.25, 0.3) is 0 Å². The number of amides is 3. The molecule has 0 saturated carbocycles. The van der Waals surface area contributed by atoms with E-state index in [9.17, 15) is 19.5 Å². The van der Waals surface area contributed by atoms with Crippen LogP contribution < -0.4 is 20.1 Å². The highest BCUT2D eigenvalue weighted by Gasteiger charge is 2.24. The lowest BCUT2D eigenvalue weighted by atomic mass is 10.0. The van der Waals surface area contributed by atoms with Crippen LogP contribution in [0.15, 0.2) is 51.9 Å². The number of unbranched alkanes of at least 4 members (excludes halogenated alkanes) is 1. The minimum Gasteiger partial charge on any atom is -0.481 e. The van der Waals surface area contributed by atoms with Crippen LogP contribution in [0.3, 0.4) is 0 Å². The number of hydrogen-bond donors (Lipinski definition) is 3. The van der Waals surface area contributed by atoms with Crippen molar-refractivity contribution in [2.75, 3.05) is 13.4 Å². The molecule has 1 aromatic carbocycles. The van der Waals surface area contributed by atoms with Gasteiger partial charge in [-0.2, -0.15) is 22.7 Å². The van der Waals surface area contributed by atoms with E-state index in [1.807, 2.05) is 40.6 Å². The number of carbonyl (C=O) groups is 3. The Morgan fingerprint density at radius 1 is 1.02 bits per heavy atom. The predicted octanol–water partition coefficient (Wildman–Crippen LogP) is 5.75. The number of carboxylic acids is 1. The molecule has 3 amide bonds. The molecule has 0 unspecified atom stereocenters. The Hall–Kier alpha value is -3.77. The van der Waals surface area contributed by atoms with Crippen LogP contribution in [0.2, 0.25) is 0 Å². The molecule has 2 atom stereocenters. The second-order valence-electron chi connectivity index (χ2n) is 9.42. The summed E-state index contributed by atoms with van der Waals surface area (Å²) in [5.41, 5.74) is 2.62. The van der Waals surface area contributed by atoms with E-state index >= 15 is 0 Å². The second kappa shape index (κ2) is 14.6. The van der Waals surface area contributed by atoms with Gasteiger partial charge in [0, 0.05) is 0 Å². The molecule has 1 aliphatic heterocycles. The molecule has 0 saturated heterocycles. The summed E-state index contributed by atoms with van der Waals surface area (Å²) < 4.78 is 16.4. The van der Waals surface area contributed by atoms with Crippen LogP contribution >= 0.6 is 22.7 Å². The number of ether oxygens (including phenoxy) is 3. The first-order valence-corrected chi connectivity index (χ1v) is 14.9. The Morgan fingerprint density at radius 3 is 2.35 bits per heavy atom. The van der Waals surface area contributed by atoms with Gasteiger partial charge >= 0.3 is 18.1 Å². The number of nitrogens with zero attached hydrogens (tertiary/aromatic N) is 1. The number of fused-ring (bicyclic) bond motifs is 1. The maximum Gasteiger partial charge on any atom is 0.410 e. The smallest absolute Gasteiger partial charge is 0.410 e. The Balaban J connectivity index is 1.38. The number of hydrogen-bond acceptors (Lipinski definition) is 8. The summed E-state index contributed by atoms with van der Waals surface area (Å²) in [7, 11) is 0. The van der Waals surface area contributed by atoms with Gasteiger partial charge in [0.05, 0.1) is 31.6 Å². The molecule has 12 heteroatoms. The first kappa shape index (κ1) is 29.2. The number of rotatable bonds is 14. The Bertz CT molecular complexity index is 1210. The molecule has 0 fully saturated rings. The van der Waals surface area contributed by atoms with Gasteiger partial charge in [-0.25, -0.2) is 9.59 Å². The fourth-order valence-electron chi connectivity index (χ4n) is 4.24. The molecule has 10 nitrogen and oxygen atoms in total. The third-order valence-corrected chi connectivity index (χ3v) is 7.76. The van der Waals surface area contributed by atoms with Gasteiger partial charge in [-0.1, -0.05) is 25.8 Å². The zero-order chi connectivity index (χ0) is 28.3. The van der Waals surface area contributed by atoms with Gasteiger partial charge in [0.15, 0.2) is 11.5 Å². The zero-order valence-electron chi connectivity index (χ0n) is 22.2. The van der Waals surface area contributed by atoms with Gasteiger partial charge in [0.2, 0.25) is 6.79 Å². The van der Waals surface area contributed by atoms with Crippen LogP contribution in [0.1, 0.15) is 55.3 Å². The lowest BCUT2D eigenvalue weighted by Crippen LogP contribution is -2.46. The molecule has 0 spiro atoms. The highest BCUT2D eigenvalue weighted by Crippen LogP contribution is 2.34. The minimum atomic E-state index is -1.06. The van der Waals surface area contributed by atoms with Crippen molar-refractivity contribution in [3.05, 3.63) is 68.5 Å². The fraction of sp³-hybridized carbons (Fsp3) is 0.393. The van der Waals surface area contributed by atoms with Crippen molar-refractivity contribution in [2.45, 2.75) is 57.8 Å². The van der Waals surface area contributed by atoms with Crippen LogP contribution in [0.5, 0.6) is 11.5 Å². The van der Waals surface area contributed by atoms with Crippen LogP contribution in [-0.4, -0.2) is 47.5 Å². The molecule has 3 aromatic rings. The van der Waals surface area contributed by atoms with Gasteiger partial charge < -0.3 is 30.0 Å². The summed E-state index contributed by atoms with van der Waals surface area (Å²) in [4.78, 5) is 39.3. The fourth-order valence-corrected chi connectivity index (χ4v) is 5.56. The molecule has 0 aliphatic carbocycles. The van der Waals surface area contributed by atoms with Crippen LogP contribution in [0.4, 0.5) is 9.59 Å². The highest BCUT2D eigenvalue weighted by molar-refractivity contribution is 7.08. The quantitative estimate of drug-likeness (QED) is 0.219. The molecule has 3 N–H and O–H groups in total. The largest absolute Gasteiger partial charge is 0.481 e. The monoisotopic (exact) mass is 587 g/mol. The van der Waals surface area contributed by atoms with Crippen molar-refractivity contribution in [3.63, 3.8) is 0 Å². The van der Waals surface area contributed by atoms with E-state index in [-0.39, 0.29) is 19.8 Å². The van der Waals surface area contributed by atoms with Gasteiger partial charge in [0.1, 0.15) is 6.61 Å². The molecule has 40 heavy (non-hydrogen) atoms. The van der Waals surface area contributed by atoms with Gasteiger partial charge in [-0.3, -0.25) is 9.69 Å². The SMILES string of the molecule is CCCC[C@@H](COC(=O)N(Cc1ccsc1)Cc1ccsc1)NC(=O)N[C@@H](CC(=O)O)c1ccc2c(c1)OCO2. The first-order valence-electron chi connectivity index (χ1n) is 13.0. The van der Waals surface area contributed by atoms with E-state index in [1.54, 1.807) is 45.8 Å². The summed E-state index contributed by atoms with van der Waals surface area (Å²) in [5, 5.41) is 23.0. The van der Waals surface area contributed by atoms with E-state index < -0.39 is 30.2 Å². The Kier molecular flexibility index (Phi) is 10.6. The Labute approximate surface area is 240 Å². The summed E-state index contributed by atoms with van der Waals surface area (Å²) >= 11 is 3.13. The van der Waals surface area contributed by atoms with Crippen molar-refractivity contribution < 1.29 is 33.7 Å². The number of carbonyl (C=O) groups excluding carboxylic acids is 2. The molecule has 4 rings (SSSR count). The van der Waals surface area contributed by atoms with E-state index in [0.29, 0.717) is 36.6 Å². The second-order valence-corrected chi connectivity index (χ2v) is 11.0. The molecule has 0 radical (unpaired) electrons.